The van der Waals surface area contributed by atoms with Gasteiger partial charge in [0.05, 0.1) is 51.3 Å². The van der Waals surface area contributed by atoms with Gasteiger partial charge in [-0.3, -0.25) is 14.3 Å². The summed E-state index contributed by atoms with van der Waals surface area (Å²) in [5.41, 5.74) is 0.0207. The molecule has 1 aromatic carbocycles. The lowest BCUT2D eigenvalue weighted by Crippen LogP contribution is -2.12. The third-order valence-corrected chi connectivity index (χ3v) is 3.42. The van der Waals surface area contributed by atoms with Crippen molar-refractivity contribution >= 4 is 21.8 Å². The maximum atomic E-state index is 11.5. The van der Waals surface area contributed by atoms with Crippen LogP contribution in [0.15, 0.2) is 18.2 Å². The minimum absolute atomic E-state index is 0.0833. The Balaban J connectivity index is 2.39. The van der Waals surface area contributed by atoms with Crippen LogP contribution in [0, 0.1) is 10.1 Å². The van der Waals surface area contributed by atoms with E-state index in [4.69, 9.17) is 9.47 Å². The first-order valence-electron chi connectivity index (χ1n) is 7.10. The van der Waals surface area contributed by atoms with Crippen LogP contribution < -0.4 is 0 Å². The zero-order valence-electron chi connectivity index (χ0n) is 13.8. The summed E-state index contributed by atoms with van der Waals surface area (Å²) >= 11 is 0. The van der Waals surface area contributed by atoms with Gasteiger partial charge in [-0.15, -0.1) is 0 Å². The Morgan fingerprint density at radius 3 is 2.40 bits per heavy atom. The predicted octanol–water partition coefficient (Wildman–Crippen LogP) is 0.891. The summed E-state index contributed by atoms with van der Waals surface area (Å²) in [5.74, 6) is -0.788. The van der Waals surface area contributed by atoms with Gasteiger partial charge in [-0.1, -0.05) is 6.07 Å². The van der Waals surface area contributed by atoms with Gasteiger partial charge in [-0.2, -0.15) is 8.42 Å². The van der Waals surface area contributed by atoms with Gasteiger partial charge in [-0.05, 0) is 11.6 Å². The number of nitrogens with zero attached hydrogens (tertiary/aromatic N) is 1. The molecule has 140 valence electrons. The van der Waals surface area contributed by atoms with Gasteiger partial charge in [0.25, 0.3) is 15.8 Å². The second kappa shape index (κ2) is 10.0. The van der Waals surface area contributed by atoms with Crippen LogP contribution in [0.25, 0.3) is 0 Å². The van der Waals surface area contributed by atoms with E-state index in [0.717, 1.165) is 13.4 Å². The van der Waals surface area contributed by atoms with Crippen LogP contribution in [0.4, 0.5) is 5.69 Å². The molecule has 0 radical (unpaired) electrons. The molecule has 25 heavy (non-hydrogen) atoms. The highest BCUT2D eigenvalue weighted by Gasteiger charge is 2.21. The topological polar surface area (TPSA) is 131 Å². The van der Waals surface area contributed by atoms with E-state index in [9.17, 15) is 23.3 Å². The molecule has 0 spiro atoms. The van der Waals surface area contributed by atoms with Crippen molar-refractivity contribution in [2.75, 3.05) is 39.8 Å². The lowest BCUT2D eigenvalue weighted by molar-refractivity contribution is -0.385. The Morgan fingerprint density at radius 2 is 1.80 bits per heavy atom. The van der Waals surface area contributed by atoms with Crippen LogP contribution in [0.3, 0.4) is 0 Å². The molecule has 0 fully saturated rings. The standard InChI is InChI=1S/C14H19NO9S/c1-21-14(16)12-4-3-11(9-13(12)15(17)18)10-23-6-5-22-7-8-24-25(2,19)20/h3-4,9H,5-8,10H2,1-2H3. The molecule has 1 rings (SSSR count). The first kappa shape index (κ1) is 21.0. The van der Waals surface area contributed by atoms with Crippen LogP contribution in [0.5, 0.6) is 0 Å². The fourth-order valence-corrected chi connectivity index (χ4v) is 2.13. The molecular formula is C14H19NO9S. The van der Waals surface area contributed by atoms with Gasteiger partial charge in [0.2, 0.25) is 0 Å². The number of benzene rings is 1. The predicted molar refractivity (Wildman–Crippen MR) is 85.7 cm³/mol. The largest absolute Gasteiger partial charge is 0.465 e. The summed E-state index contributed by atoms with van der Waals surface area (Å²) in [6.45, 7) is 0.502. The number of rotatable bonds is 11. The molecule has 0 saturated carbocycles. The first-order valence-corrected chi connectivity index (χ1v) is 8.91. The Bertz CT molecular complexity index is 702. The number of carbonyl (C=O) groups is 1. The van der Waals surface area contributed by atoms with E-state index < -0.39 is 21.0 Å². The summed E-state index contributed by atoms with van der Waals surface area (Å²) in [6, 6.07) is 4.08. The highest BCUT2D eigenvalue weighted by Crippen LogP contribution is 2.21. The highest BCUT2D eigenvalue weighted by atomic mass is 32.2. The van der Waals surface area contributed by atoms with Crippen molar-refractivity contribution in [2.45, 2.75) is 6.61 Å². The quantitative estimate of drug-likeness (QED) is 0.181. The number of methoxy groups -OCH3 is 1. The van der Waals surface area contributed by atoms with Crippen LogP contribution in [-0.4, -0.2) is 59.1 Å². The van der Waals surface area contributed by atoms with Gasteiger partial charge < -0.3 is 14.2 Å². The molecule has 0 aliphatic heterocycles. The minimum Gasteiger partial charge on any atom is -0.465 e. The molecule has 0 aliphatic carbocycles. The summed E-state index contributed by atoms with van der Waals surface area (Å²) < 4.78 is 40.8. The van der Waals surface area contributed by atoms with E-state index >= 15 is 0 Å². The third kappa shape index (κ3) is 8.03. The molecule has 0 unspecified atom stereocenters. The van der Waals surface area contributed by atoms with Crippen LogP contribution >= 0.6 is 0 Å². The minimum atomic E-state index is -3.48. The maximum absolute atomic E-state index is 11.5. The number of hydrogen-bond acceptors (Lipinski definition) is 9. The number of esters is 1. The molecule has 0 bridgehead atoms. The lowest BCUT2D eigenvalue weighted by Gasteiger charge is -2.07. The van der Waals surface area contributed by atoms with Crippen molar-refractivity contribution in [3.8, 4) is 0 Å². The molecular weight excluding hydrogens is 358 g/mol. The van der Waals surface area contributed by atoms with Crippen molar-refractivity contribution < 1.29 is 36.5 Å². The summed E-state index contributed by atoms with van der Waals surface area (Å²) in [5, 5.41) is 11.0. The second-order valence-electron chi connectivity index (χ2n) is 4.79. The molecule has 0 saturated heterocycles. The SMILES string of the molecule is COC(=O)c1ccc(COCCOCCOS(C)(=O)=O)cc1[N+](=O)[O-]. The number of nitro groups is 1. The number of nitro benzene ring substituents is 1. The smallest absolute Gasteiger partial charge is 0.344 e. The zero-order valence-corrected chi connectivity index (χ0v) is 14.6. The maximum Gasteiger partial charge on any atom is 0.344 e. The zero-order chi connectivity index (χ0) is 18.9. The normalized spacial score (nSPS) is 11.3. The van der Waals surface area contributed by atoms with Crippen LogP contribution in [0.2, 0.25) is 0 Å². The van der Waals surface area contributed by atoms with Gasteiger partial charge in [0, 0.05) is 6.07 Å². The second-order valence-corrected chi connectivity index (χ2v) is 6.44. The van der Waals surface area contributed by atoms with E-state index in [1.54, 1.807) is 0 Å². The van der Waals surface area contributed by atoms with E-state index in [-0.39, 0.29) is 44.3 Å². The van der Waals surface area contributed by atoms with Gasteiger partial charge in [-0.25, -0.2) is 4.79 Å². The van der Waals surface area contributed by atoms with E-state index in [1.165, 1.54) is 18.2 Å². The van der Waals surface area contributed by atoms with Gasteiger partial charge >= 0.3 is 5.97 Å². The third-order valence-electron chi connectivity index (χ3n) is 2.83. The van der Waals surface area contributed by atoms with E-state index in [1.807, 2.05) is 0 Å². The van der Waals surface area contributed by atoms with Crippen LogP contribution in [-0.2, 0) is 35.1 Å². The molecule has 1 aromatic rings. The van der Waals surface area contributed by atoms with Gasteiger partial charge in [0.15, 0.2) is 0 Å². The monoisotopic (exact) mass is 377 g/mol. The fraction of sp³-hybridized carbons (Fsp3) is 0.500. The Morgan fingerprint density at radius 1 is 1.16 bits per heavy atom. The van der Waals surface area contributed by atoms with Crippen LogP contribution in [0.1, 0.15) is 15.9 Å². The van der Waals surface area contributed by atoms with Crippen molar-refractivity contribution in [1.82, 2.24) is 0 Å². The molecule has 11 heteroatoms. The average Bonchev–Trinajstić information content (AvgIpc) is 2.55. The lowest BCUT2D eigenvalue weighted by atomic mass is 10.1. The first-order chi connectivity index (χ1) is 11.7. The van der Waals surface area contributed by atoms with Gasteiger partial charge in [0.1, 0.15) is 5.56 Å². The molecule has 10 nitrogen and oxygen atoms in total. The molecule has 0 aromatic heterocycles. The Kier molecular flexibility index (Phi) is 8.41. The molecule has 0 N–H and O–H groups in total. The Hall–Kier alpha value is -2.08. The summed E-state index contributed by atoms with van der Waals surface area (Å²) in [6.07, 6.45) is 0.945. The number of ether oxygens (including phenoxy) is 3. The Labute approximate surface area is 144 Å². The molecule has 0 atom stereocenters. The van der Waals surface area contributed by atoms with E-state index in [2.05, 4.69) is 8.92 Å². The van der Waals surface area contributed by atoms with Crippen molar-refractivity contribution in [3.63, 3.8) is 0 Å². The van der Waals surface area contributed by atoms with Crippen molar-refractivity contribution in [1.29, 1.82) is 0 Å². The number of carbonyl (C=O) groups excluding carboxylic acids is 1. The molecule has 0 heterocycles. The van der Waals surface area contributed by atoms with Crippen molar-refractivity contribution in [2.24, 2.45) is 0 Å². The van der Waals surface area contributed by atoms with Crippen molar-refractivity contribution in [3.05, 3.63) is 39.4 Å². The number of hydrogen-bond donors (Lipinski definition) is 0. The fourth-order valence-electron chi connectivity index (χ4n) is 1.75. The molecule has 0 aliphatic rings. The summed E-state index contributed by atoms with van der Waals surface area (Å²) in [4.78, 5) is 21.8. The molecule has 0 amide bonds. The van der Waals surface area contributed by atoms with E-state index in [0.29, 0.717) is 5.56 Å². The average molecular weight is 377 g/mol. The highest BCUT2D eigenvalue weighted by molar-refractivity contribution is 7.85. The summed E-state index contributed by atoms with van der Waals surface area (Å²) in [7, 11) is -2.34.